The van der Waals surface area contributed by atoms with Crippen molar-refractivity contribution in [1.29, 1.82) is 0 Å². The molecule has 0 aliphatic carbocycles. The molecule has 0 aromatic heterocycles. The highest BCUT2D eigenvalue weighted by atomic mass is 16.2. The Morgan fingerprint density at radius 3 is 2.40 bits per heavy atom. The fourth-order valence-electron chi connectivity index (χ4n) is 1.97. The number of benzene rings is 1. The Hall–Kier alpha value is -2.21. The number of nitrogens with zero attached hydrogens (tertiary/aromatic N) is 1. The van der Waals surface area contributed by atoms with Crippen LogP contribution in [-0.2, 0) is 4.79 Å². The van der Waals surface area contributed by atoms with Crippen molar-refractivity contribution in [3.63, 3.8) is 0 Å². The second kappa shape index (κ2) is 5.05. The number of anilines is 1. The standard InChI is InChI=1S/C14H17N3O3/c1-7(2)11(15)12(18)16-8-4-5-9-10(6-8)14(20)17(3)13(9)19/h4-7,11H,15H2,1-3H3,(H,16,18). The van der Waals surface area contributed by atoms with Gasteiger partial charge in [-0.2, -0.15) is 0 Å². The lowest BCUT2D eigenvalue weighted by atomic mass is 10.0. The predicted molar refractivity (Wildman–Crippen MR) is 74.3 cm³/mol. The molecular formula is C14H17N3O3. The summed E-state index contributed by atoms with van der Waals surface area (Å²) in [5, 5.41) is 2.66. The summed E-state index contributed by atoms with van der Waals surface area (Å²) in [4.78, 5) is 36.5. The number of amides is 3. The summed E-state index contributed by atoms with van der Waals surface area (Å²) in [5.41, 5.74) is 6.86. The van der Waals surface area contributed by atoms with Crippen molar-refractivity contribution in [2.45, 2.75) is 19.9 Å². The summed E-state index contributed by atoms with van der Waals surface area (Å²) in [7, 11) is 1.43. The minimum absolute atomic E-state index is 0.0128. The Morgan fingerprint density at radius 2 is 1.80 bits per heavy atom. The molecule has 1 aromatic carbocycles. The third kappa shape index (κ3) is 2.30. The molecule has 1 aliphatic rings. The van der Waals surface area contributed by atoms with Gasteiger partial charge in [0.1, 0.15) is 0 Å². The van der Waals surface area contributed by atoms with Gasteiger partial charge in [-0.05, 0) is 24.1 Å². The number of hydrogen-bond donors (Lipinski definition) is 2. The van der Waals surface area contributed by atoms with Gasteiger partial charge in [0.05, 0.1) is 17.2 Å². The van der Waals surface area contributed by atoms with Crippen LogP contribution >= 0.6 is 0 Å². The molecule has 0 fully saturated rings. The van der Waals surface area contributed by atoms with Crippen molar-refractivity contribution >= 4 is 23.4 Å². The number of nitrogens with two attached hydrogens (primary N) is 1. The summed E-state index contributed by atoms with van der Waals surface area (Å²) in [5.74, 6) is -1.00. The van der Waals surface area contributed by atoms with Crippen LogP contribution in [0, 0.1) is 5.92 Å². The fraction of sp³-hybridized carbons (Fsp3) is 0.357. The average Bonchev–Trinajstić information content (AvgIpc) is 2.62. The molecule has 0 saturated heterocycles. The molecule has 1 aromatic rings. The first-order chi connectivity index (χ1) is 9.32. The minimum atomic E-state index is -0.622. The lowest BCUT2D eigenvalue weighted by molar-refractivity contribution is -0.118. The van der Waals surface area contributed by atoms with Gasteiger partial charge in [0.2, 0.25) is 5.91 Å². The smallest absolute Gasteiger partial charge is 0.261 e. The van der Waals surface area contributed by atoms with Crippen molar-refractivity contribution in [2.24, 2.45) is 11.7 Å². The number of carbonyl (C=O) groups is 3. The van der Waals surface area contributed by atoms with Crippen molar-refractivity contribution in [1.82, 2.24) is 4.90 Å². The topological polar surface area (TPSA) is 92.5 Å². The van der Waals surface area contributed by atoms with E-state index < -0.39 is 6.04 Å². The normalized spacial score (nSPS) is 15.6. The van der Waals surface area contributed by atoms with Crippen molar-refractivity contribution in [2.75, 3.05) is 12.4 Å². The molecule has 1 heterocycles. The van der Waals surface area contributed by atoms with E-state index in [1.54, 1.807) is 6.07 Å². The lowest BCUT2D eigenvalue weighted by Gasteiger charge is -2.15. The Kier molecular flexibility index (Phi) is 3.59. The Labute approximate surface area is 116 Å². The van der Waals surface area contributed by atoms with Crippen LogP contribution in [0.15, 0.2) is 18.2 Å². The second-order valence-corrected chi connectivity index (χ2v) is 5.19. The maximum Gasteiger partial charge on any atom is 0.261 e. The molecule has 3 amide bonds. The maximum absolute atomic E-state index is 11.9. The molecule has 2 rings (SSSR count). The Balaban J connectivity index is 2.24. The zero-order chi connectivity index (χ0) is 15.0. The van der Waals surface area contributed by atoms with Crippen LogP contribution < -0.4 is 11.1 Å². The molecule has 0 spiro atoms. The molecule has 0 radical (unpaired) electrons. The number of fused-ring (bicyclic) bond motifs is 1. The van der Waals surface area contributed by atoms with Crippen molar-refractivity contribution in [3.8, 4) is 0 Å². The van der Waals surface area contributed by atoms with Gasteiger partial charge in [-0.3, -0.25) is 19.3 Å². The highest BCUT2D eigenvalue weighted by Gasteiger charge is 2.32. The molecule has 3 N–H and O–H groups in total. The van der Waals surface area contributed by atoms with Crippen LogP contribution in [0.4, 0.5) is 5.69 Å². The highest BCUT2D eigenvalue weighted by molar-refractivity contribution is 6.21. The first-order valence-corrected chi connectivity index (χ1v) is 6.35. The largest absolute Gasteiger partial charge is 0.325 e. The summed E-state index contributed by atoms with van der Waals surface area (Å²) in [6, 6.07) is 4.01. The van der Waals surface area contributed by atoms with E-state index >= 15 is 0 Å². The Bertz CT molecular complexity index is 595. The van der Waals surface area contributed by atoms with Gasteiger partial charge in [0.25, 0.3) is 11.8 Å². The van der Waals surface area contributed by atoms with E-state index in [0.717, 1.165) is 4.90 Å². The van der Waals surface area contributed by atoms with E-state index in [4.69, 9.17) is 5.73 Å². The first-order valence-electron chi connectivity index (χ1n) is 6.35. The average molecular weight is 275 g/mol. The van der Waals surface area contributed by atoms with Gasteiger partial charge in [-0.15, -0.1) is 0 Å². The van der Waals surface area contributed by atoms with Gasteiger partial charge in [0, 0.05) is 12.7 Å². The molecule has 6 heteroatoms. The van der Waals surface area contributed by atoms with Gasteiger partial charge in [-0.25, -0.2) is 0 Å². The molecular weight excluding hydrogens is 258 g/mol. The van der Waals surface area contributed by atoms with E-state index in [1.807, 2.05) is 13.8 Å². The summed E-state index contributed by atoms with van der Waals surface area (Å²) >= 11 is 0. The monoisotopic (exact) mass is 275 g/mol. The number of rotatable bonds is 3. The molecule has 6 nitrogen and oxygen atoms in total. The third-order valence-corrected chi connectivity index (χ3v) is 3.38. The fourth-order valence-corrected chi connectivity index (χ4v) is 1.97. The lowest BCUT2D eigenvalue weighted by Crippen LogP contribution is -2.39. The SMILES string of the molecule is CC(C)C(N)C(=O)Nc1ccc2c(c1)C(=O)N(C)C2=O. The van der Waals surface area contributed by atoms with Gasteiger partial charge < -0.3 is 11.1 Å². The number of nitrogens with one attached hydrogen (secondary N) is 1. The first kappa shape index (κ1) is 14.2. The van der Waals surface area contributed by atoms with Crippen LogP contribution in [0.3, 0.4) is 0 Å². The zero-order valence-corrected chi connectivity index (χ0v) is 11.6. The minimum Gasteiger partial charge on any atom is -0.325 e. The highest BCUT2D eigenvalue weighted by Crippen LogP contribution is 2.24. The van der Waals surface area contributed by atoms with E-state index in [0.29, 0.717) is 16.8 Å². The predicted octanol–water partition coefficient (Wildman–Crippen LogP) is 0.834. The van der Waals surface area contributed by atoms with Crippen molar-refractivity contribution in [3.05, 3.63) is 29.3 Å². The van der Waals surface area contributed by atoms with E-state index in [9.17, 15) is 14.4 Å². The van der Waals surface area contributed by atoms with Crippen LogP contribution in [0.2, 0.25) is 0 Å². The summed E-state index contributed by atoms with van der Waals surface area (Å²) in [6.45, 7) is 3.70. The van der Waals surface area contributed by atoms with Crippen LogP contribution in [0.5, 0.6) is 0 Å². The number of imide groups is 1. The van der Waals surface area contributed by atoms with Gasteiger partial charge >= 0.3 is 0 Å². The van der Waals surface area contributed by atoms with Gasteiger partial charge in [0.15, 0.2) is 0 Å². The van der Waals surface area contributed by atoms with E-state index in [-0.39, 0.29) is 23.6 Å². The zero-order valence-electron chi connectivity index (χ0n) is 11.6. The van der Waals surface area contributed by atoms with Crippen molar-refractivity contribution < 1.29 is 14.4 Å². The quantitative estimate of drug-likeness (QED) is 0.799. The molecule has 20 heavy (non-hydrogen) atoms. The molecule has 1 aliphatic heterocycles. The van der Waals surface area contributed by atoms with Crippen LogP contribution in [0.1, 0.15) is 34.6 Å². The summed E-state index contributed by atoms with van der Waals surface area (Å²) in [6.07, 6.45) is 0. The van der Waals surface area contributed by atoms with Crippen LogP contribution in [-0.4, -0.2) is 35.7 Å². The summed E-state index contributed by atoms with van der Waals surface area (Å²) < 4.78 is 0. The third-order valence-electron chi connectivity index (χ3n) is 3.38. The molecule has 106 valence electrons. The second-order valence-electron chi connectivity index (χ2n) is 5.19. The van der Waals surface area contributed by atoms with Gasteiger partial charge in [-0.1, -0.05) is 13.8 Å². The number of hydrogen-bond acceptors (Lipinski definition) is 4. The molecule has 1 atom stereocenters. The van der Waals surface area contributed by atoms with E-state index in [1.165, 1.54) is 19.2 Å². The Morgan fingerprint density at radius 1 is 1.20 bits per heavy atom. The molecule has 1 unspecified atom stereocenters. The molecule has 0 bridgehead atoms. The van der Waals surface area contributed by atoms with Crippen LogP contribution in [0.25, 0.3) is 0 Å². The number of carbonyl (C=O) groups excluding carboxylic acids is 3. The maximum atomic E-state index is 11.9. The molecule has 0 saturated carbocycles. The van der Waals surface area contributed by atoms with E-state index in [2.05, 4.69) is 5.32 Å².